The van der Waals surface area contributed by atoms with E-state index < -0.39 is 60.6 Å². The average molecular weight is 892 g/mol. The molecule has 24 heavy (non-hydrogen) atoms. The molecule has 0 spiro atoms. The molecule has 2 radical (unpaired) electrons. The first kappa shape index (κ1) is 50.6. The third-order valence-electron chi connectivity index (χ3n) is 0. The van der Waals surface area contributed by atoms with E-state index in [0.29, 0.717) is 0 Å². The third kappa shape index (κ3) is 1460. The van der Waals surface area contributed by atoms with Crippen molar-refractivity contribution in [2.75, 3.05) is 0 Å². The van der Waals surface area contributed by atoms with Crippen LogP contribution in [0.3, 0.4) is 0 Å². The number of hydrogen-bond acceptors (Lipinski definition) is 16. The van der Waals surface area contributed by atoms with Crippen molar-refractivity contribution < 1.29 is 194 Å². The second-order valence-electron chi connectivity index (χ2n) is 1.63. The van der Waals surface area contributed by atoms with Gasteiger partial charge in [-0.2, -0.15) is 0 Å². The predicted octanol–water partition coefficient (Wildman–Crippen LogP) is -8.44. The fourth-order valence-electron chi connectivity index (χ4n) is 0. The summed E-state index contributed by atoms with van der Waals surface area (Å²) in [4.78, 5) is 0. The van der Waals surface area contributed by atoms with Crippen molar-refractivity contribution in [2.24, 2.45) is 0 Å². The van der Waals surface area contributed by atoms with Crippen molar-refractivity contribution >= 4 is 10.4 Å². The van der Waals surface area contributed by atoms with Gasteiger partial charge in [-0.1, -0.05) is 0 Å². The molecule has 0 aromatic rings. The standard InChI is InChI=1S/2Ce.3Mo.2H3N.H2O4S.12O/c;;;;;;;1-5(2,3)4;;;;;;;;;;;;/h;;;;;2*1H3;(H2,1,2,3,4);;;;;;;;;;;;/q2*+3;;;;;;;;;;;;;6*-1. The van der Waals surface area contributed by atoms with Crippen LogP contribution >= 0.6 is 0 Å². The molecule has 8 N–H and O–H groups in total. The SMILES string of the molecule is O=S(=O)([O-])[O-].[Ce+3].[Ce+3].[NH4+].[NH4+].[O]=[Mo](=[O])([O-])[O-].[O]=[Mo](=[O])([O-])[O-].[O]=[Mo](=[O])([O-])[O-]. The van der Waals surface area contributed by atoms with Crippen molar-refractivity contribution in [3.05, 3.63) is 0 Å². The van der Waals surface area contributed by atoms with E-state index in [-0.39, 0.29) is 95.8 Å². The van der Waals surface area contributed by atoms with Gasteiger partial charge >= 0.3 is 177 Å². The van der Waals surface area contributed by atoms with E-state index in [9.17, 15) is 0 Å². The van der Waals surface area contributed by atoms with Crippen LogP contribution in [0.2, 0.25) is 0 Å². The molecular weight excluding hydrogens is 884 g/mol. The van der Waals surface area contributed by atoms with Gasteiger partial charge in [0.05, 0.1) is 0 Å². The Morgan fingerprint density at radius 1 is 0.500 bits per heavy atom. The molecule has 0 heterocycles. The molecule has 0 aromatic heterocycles. The number of rotatable bonds is 0. The molecule has 0 bridgehead atoms. The molecule has 0 aliphatic carbocycles. The van der Waals surface area contributed by atoms with Gasteiger partial charge in [-0.25, -0.2) is 0 Å². The summed E-state index contributed by atoms with van der Waals surface area (Å²) in [7, 11) is -5.17. The fourth-order valence-corrected chi connectivity index (χ4v) is 0. The Morgan fingerprint density at radius 3 is 0.500 bits per heavy atom. The van der Waals surface area contributed by atoms with Crippen LogP contribution in [0, 0.1) is 83.5 Å². The van der Waals surface area contributed by atoms with Gasteiger partial charge in [-0.15, -0.1) is 0 Å². The van der Waals surface area contributed by atoms with E-state index in [0.717, 1.165) is 0 Å². The summed E-state index contributed by atoms with van der Waals surface area (Å²) in [6.45, 7) is 0. The Kier molecular flexibility index (Phi) is 47.4. The number of hydrogen-bond donors (Lipinski definition) is 2. The number of quaternary nitrogens is 2. The van der Waals surface area contributed by atoms with Gasteiger partial charge in [0.15, 0.2) is 0 Å². The monoisotopic (exact) mass is 897 g/mol. The molecular formula is H8Ce2Mo3N2O16S. The minimum atomic E-state index is -6.02. The van der Waals surface area contributed by atoms with E-state index in [1.54, 1.807) is 0 Å². The van der Waals surface area contributed by atoms with Gasteiger partial charge in [0, 0.05) is 10.4 Å². The zero-order valence-corrected chi connectivity index (χ0v) is 24.3. The second kappa shape index (κ2) is 22.5. The molecule has 0 aromatic carbocycles. The molecule has 146 valence electrons. The summed E-state index contributed by atoms with van der Waals surface area (Å²) in [5.74, 6) is 0. The molecule has 0 saturated carbocycles. The van der Waals surface area contributed by atoms with Crippen LogP contribution in [0.5, 0.6) is 0 Å². The quantitative estimate of drug-likeness (QED) is 0.130. The maximum absolute atomic E-state index is 8.63. The zero-order chi connectivity index (χ0) is 18.0. The Bertz CT molecular complexity index is 490. The van der Waals surface area contributed by atoms with Crippen molar-refractivity contribution in [3.63, 3.8) is 0 Å². The van der Waals surface area contributed by atoms with Gasteiger partial charge in [0.25, 0.3) is 0 Å². The van der Waals surface area contributed by atoms with E-state index >= 15 is 0 Å². The fraction of sp³-hybridized carbons (Fsp3) is 0. The Hall–Kier alpha value is 3.17. The molecule has 0 amide bonds. The Balaban J connectivity index is -0.0000000225. The predicted molar refractivity (Wildman–Crippen MR) is 26.6 cm³/mol. The Morgan fingerprint density at radius 2 is 0.500 bits per heavy atom. The minimum absolute atomic E-state index is 0. The van der Waals surface area contributed by atoms with Crippen LogP contribution < -0.4 is 34.9 Å². The summed E-state index contributed by atoms with van der Waals surface area (Å²) in [6.07, 6.45) is 0. The first-order valence-corrected chi connectivity index (χ1v) is 13.8. The van der Waals surface area contributed by atoms with Gasteiger partial charge in [0.1, 0.15) is 0 Å². The van der Waals surface area contributed by atoms with Crippen LogP contribution in [0.1, 0.15) is 0 Å². The van der Waals surface area contributed by atoms with Crippen LogP contribution in [-0.2, 0) is 81.0 Å². The van der Waals surface area contributed by atoms with Crippen LogP contribution in [0.4, 0.5) is 0 Å². The van der Waals surface area contributed by atoms with Crippen LogP contribution in [0.15, 0.2) is 0 Å². The summed E-state index contributed by atoms with van der Waals surface area (Å²) in [5, 5.41) is 0. The first-order chi connectivity index (χ1) is 8.00. The molecule has 0 aliphatic rings. The molecule has 18 nitrogen and oxygen atoms in total. The first-order valence-electron chi connectivity index (χ1n) is 2.67. The Labute approximate surface area is 212 Å². The van der Waals surface area contributed by atoms with Crippen molar-refractivity contribution in [3.8, 4) is 0 Å². The molecule has 0 rings (SSSR count). The normalized spacial score (nSPS) is 9.67. The molecule has 0 unspecified atom stereocenters. The maximum atomic E-state index is 8.63. The topological polar surface area (TPSA) is 394 Å². The molecule has 0 saturated heterocycles. The van der Waals surface area contributed by atoms with Gasteiger partial charge in [-0.3, -0.25) is 8.42 Å². The van der Waals surface area contributed by atoms with Gasteiger partial charge in [-0.05, 0) is 0 Å². The van der Waals surface area contributed by atoms with Crippen molar-refractivity contribution in [2.45, 2.75) is 0 Å². The van der Waals surface area contributed by atoms with E-state index in [1.165, 1.54) is 0 Å². The zero-order valence-electron chi connectivity index (χ0n) is 11.2. The van der Waals surface area contributed by atoms with E-state index in [4.69, 9.17) is 60.5 Å². The van der Waals surface area contributed by atoms with Gasteiger partial charge in [0.2, 0.25) is 0 Å². The third-order valence-corrected chi connectivity index (χ3v) is 0. The average Bonchev–Trinajstić information content (AvgIpc) is 1.62. The van der Waals surface area contributed by atoms with Crippen LogP contribution in [0.25, 0.3) is 0 Å². The van der Waals surface area contributed by atoms with Crippen molar-refractivity contribution in [1.82, 2.24) is 12.3 Å². The van der Waals surface area contributed by atoms with Crippen molar-refractivity contribution in [1.29, 1.82) is 0 Å². The molecule has 0 fully saturated rings. The van der Waals surface area contributed by atoms with E-state index in [2.05, 4.69) is 0 Å². The summed E-state index contributed by atoms with van der Waals surface area (Å²) >= 11 is -18.1. The summed E-state index contributed by atoms with van der Waals surface area (Å²) < 4.78 is 138. The van der Waals surface area contributed by atoms with Crippen LogP contribution in [-0.4, -0.2) is 17.5 Å². The molecule has 0 atom stereocenters. The van der Waals surface area contributed by atoms with E-state index in [1.807, 2.05) is 0 Å². The second-order valence-corrected chi connectivity index (χ2v) is 8.47. The molecule has 24 heteroatoms. The summed E-state index contributed by atoms with van der Waals surface area (Å²) in [6, 6.07) is 0. The summed E-state index contributed by atoms with van der Waals surface area (Å²) in [5.41, 5.74) is 0. The molecule has 0 aliphatic heterocycles. The van der Waals surface area contributed by atoms with Gasteiger partial charge < -0.3 is 21.4 Å².